The molecule has 30 heavy (non-hydrogen) atoms. The summed E-state index contributed by atoms with van der Waals surface area (Å²) >= 11 is 0. The number of carbonyl (C=O) groups excluding carboxylic acids is 2. The third-order valence-electron chi connectivity index (χ3n) is 5.81. The molecule has 0 N–H and O–H groups in total. The molecule has 1 heterocycles. The molecule has 9 heteroatoms. The number of nitrogens with zero attached hydrogens (tertiary/aromatic N) is 4. The zero-order chi connectivity index (χ0) is 21.3. The van der Waals surface area contributed by atoms with Gasteiger partial charge in [-0.25, -0.2) is 0 Å². The van der Waals surface area contributed by atoms with Crippen LogP contribution >= 0.6 is 0 Å². The summed E-state index contributed by atoms with van der Waals surface area (Å²) in [5, 5.41) is 14.6. The standard InChI is InChI=1S/C21H28N4O5/c26-15-19-12-18(6-7-20(19)25(28)29)13-22-30-16-21(27)24-10-8-23(9-11-24)14-17-4-2-1-3-5-17/h6-7,12-13,15,17H,1-5,8-11,14,16H2/b22-13+. The highest BCUT2D eigenvalue weighted by Crippen LogP contribution is 2.24. The predicted molar refractivity (Wildman–Crippen MR) is 112 cm³/mol. The minimum atomic E-state index is -0.616. The molecule has 1 amide bonds. The number of piperazine rings is 1. The molecule has 1 saturated carbocycles. The first-order chi connectivity index (χ1) is 14.6. The summed E-state index contributed by atoms with van der Waals surface area (Å²) in [7, 11) is 0. The molecule has 0 radical (unpaired) electrons. The van der Waals surface area contributed by atoms with Crippen LogP contribution in [0.15, 0.2) is 23.4 Å². The maximum Gasteiger partial charge on any atom is 0.279 e. The summed E-state index contributed by atoms with van der Waals surface area (Å²) in [6, 6.07) is 4.06. The van der Waals surface area contributed by atoms with Crippen LogP contribution in [0, 0.1) is 16.0 Å². The molecule has 2 fully saturated rings. The fraction of sp³-hybridized carbons (Fsp3) is 0.571. The van der Waals surface area contributed by atoms with E-state index >= 15 is 0 Å². The van der Waals surface area contributed by atoms with Crippen molar-refractivity contribution in [3.05, 3.63) is 39.4 Å². The third kappa shape index (κ3) is 6.09. The third-order valence-corrected chi connectivity index (χ3v) is 5.81. The monoisotopic (exact) mass is 416 g/mol. The van der Waals surface area contributed by atoms with Gasteiger partial charge in [0.25, 0.3) is 11.6 Å². The van der Waals surface area contributed by atoms with Crippen LogP contribution in [0.5, 0.6) is 0 Å². The lowest BCUT2D eigenvalue weighted by Crippen LogP contribution is -2.50. The molecule has 0 atom stereocenters. The second-order valence-corrected chi connectivity index (χ2v) is 7.89. The van der Waals surface area contributed by atoms with E-state index in [4.69, 9.17) is 4.84 Å². The second-order valence-electron chi connectivity index (χ2n) is 7.89. The summed E-state index contributed by atoms with van der Waals surface area (Å²) in [5.74, 6) is 0.694. The second kappa shape index (κ2) is 10.8. The molecule has 2 aliphatic rings. The van der Waals surface area contributed by atoms with Gasteiger partial charge in [-0.15, -0.1) is 0 Å². The molecule has 1 aliphatic heterocycles. The number of aldehydes is 1. The fourth-order valence-corrected chi connectivity index (χ4v) is 4.11. The smallest absolute Gasteiger partial charge is 0.279 e. The van der Waals surface area contributed by atoms with Crippen molar-refractivity contribution in [3.8, 4) is 0 Å². The molecule has 1 saturated heterocycles. The van der Waals surface area contributed by atoms with Gasteiger partial charge in [-0.05, 0) is 36.5 Å². The molecule has 0 aromatic heterocycles. The highest BCUT2D eigenvalue weighted by molar-refractivity contribution is 5.87. The topological polar surface area (TPSA) is 105 Å². The number of hydrogen-bond acceptors (Lipinski definition) is 7. The van der Waals surface area contributed by atoms with E-state index in [9.17, 15) is 19.7 Å². The van der Waals surface area contributed by atoms with E-state index in [1.54, 1.807) is 4.90 Å². The van der Waals surface area contributed by atoms with Crippen LogP contribution in [0.3, 0.4) is 0 Å². The van der Waals surface area contributed by atoms with Gasteiger partial charge in [-0.1, -0.05) is 24.4 Å². The van der Waals surface area contributed by atoms with E-state index in [1.165, 1.54) is 56.5 Å². The average Bonchev–Trinajstić information content (AvgIpc) is 2.77. The lowest BCUT2D eigenvalue weighted by Gasteiger charge is -2.37. The van der Waals surface area contributed by atoms with Crippen molar-refractivity contribution in [2.24, 2.45) is 11.1 Å². The lowest BCUT2D eigenvalue weighted by molar-refractivity contribution is -0.385. The Morgan fingerprint density at radius 1 is 1.20 bits per heavy atom. The number of benzene rings is 1. The van der Waals surface area contributed by atoms with Gasteiger partial charge < -0.3 is 9.74 Å². The van der Waals surface area contributed by atoms with E-state index in [2.05, 4.69) is 10.1 Å². The molecular formula is C21H28N4O5. The highest BCUT2D eigenvalue weighted by Gasteiger charge is 2.24. The van der Waals surface area contributed by atoms with Gasteiger partial charge in [0.15, 0.2) is 12.9 Å². The van der Waals surface area contributed by atoms with E-state index in [0.717, 1.165) is 25.6 Å². The summed E-state index contributed by atoms with van der Waals surface area (Å²) in [4.78, 5) is 42.9. The molecule has 162 valence electrons. The number of amides is 1. The van der Waals surface area contributed by atoms with Gasteiger partial charge in [0.1, 0.15) is 0 Å². The van der Waals surface area contributed by atoms with Crippen LogP contribution in [-0.4, -0.2) is 72.5 Å². The first kappa shape index (κ1) is 21.9. The minimum Gasteiger partial charge on any atom is -0.386 e. The maximum atomic E-state index is 12.3. The summed E-state index contributed by atoms with van der Waals surface area (Å²) in [6.45, 7) is 4.16. The van der Waals surface area contributed by atoms with E-state index in [1.807, 2.05) is 0 Å². The molecule has 1 aliphatic carbocycles. The fourth-order valence-electron chi connectivity index (χ4n) is 4.11. The zero-order valence-electron chi connectivity index (χ0n) is 17.1. The van der Waals surface area contributed by atoms with Crippen LogP contribution in [0.25, 0.3) is 0 Å². The van der Waals surface area contributed by atoms with E-state index in [-0.39, 0.29) is 23.8 Å². The lowest BCUT2D eigenvalue weighted by atomic mass is 9.89. The van der Waals surface area contributed by atoms with Crippen molar-refractivity contribution in [1.29, 1.82) is 0 Å². The Hall–Kier alpha value is -2.81. The van der Waals surface area contributed by atoms with Crippen LogP contribution in [-0.2, 0) is 9.63 Å². The van der Waals surface area contributed by atoms with Gasteiger partial charge in [0, 0.05) is 38.8 Å². The van der Waals surface area contributed by atoms with Crippen molar-refractivity contribution >= 4 is 24.1 Å². The largest absolute Gasteiger partial charge is 0.386 e. The van der Waals surface area contributed by atoms with Crippen LogP contribution in [0.1, 0.15) is 48.0 Å². The quantitative estimate of drug-likeness (QED) is 0.279. The number of nitro benzene ring substituents is 1. The Morgan fingerprint density at radius 2 is 1.93 bits per heavy atom. The van der Waals surface area contributed by atoms with Crippen molar-refractivity contribution in [2.75, 3.05) is 39.3 Å². The van der Waals surface area contributed by atoms with Crippen molar-refractivity contribution < 1.29 is 19.3 Å². The summed E-state index contributed by atoms with van der Waals surface area (Å²) in [5.41, 5.74) is 0.179. The zero-order valence-corrected chi connectivity index (χ0v) is 17.1. The Balaban J connectivity index is 1.39. The Morgan fingerprint density at radius 3 is 2.60 bits per heavy atom. The van der Waals surface area contributed by atoms with E-state index in [0.29, 0.717) is 24.9 Å². The molecule has 0 spiro atoms. The highest BCUT2D eigenvalue weighted by atomic mass is 16.6. The van der Waals surface area contributed by atoms with Gasteiger partial charge >= 0.3 is 0 Å². The normalized spacial score (nSPS) is 18.5. The van der Waals surface area contributed by atoms with Gasteiger partial charge in [0.05, 0.1) is 16.7 Å². The molecule has 1 aromatic carbocycles. The maximum absolute atomic E-state index is 12.3. The number of nitro groups is 1. The molecule has 0 bridgehead atoms. The van der Waals surface area contributed by atoms with Crippen molar-refractivity contribution in [2.45, 2.75) is 32.1 Å². The van der Waals surface area contributed by atoms with Gasteiger partial charge in [0.2, 0.25) is 0 Å². The number of hydrogen-bond donors (Lipinski definition) is 0. The predicted octanol–water partition coefficient (Wildman–Crippen LogP) is 2.48. The first-order valence-electron chi connectivity index (χ1n) is 10.5. The van der Waals surface area contributed by atoms with Crippen molar-refractivity contribution in [3.63, 3.8) is 0 Å². The minimum absolute atomic E-state index is 0.0360. The van der Waals surface area contributed by atoms with Crippen LogP contribution in [0.2, 0.25) is 0 Å². The molecule has 0 unspecified atom stereocenters. The number of rotatable bonds is 8. The summed E-state index contributed by atoms with van der Waals surface area (Å²) in [6.07, 6.45) is 8.46. The summed E-state index contributed by atoms with van der Waals surface area (Å²) < 4.78 is 0. The SMILES string of the molecule is O=Cc1cc(/C=N/OCC(=O)N2CCN(CC3CCCCC3)CC2)ccc1[N+](=O)[O-]. The van der Waals surface area contributed by atoms with Crippen LogP contribution in [0.4, 0.5) is 5.69 Å². The Bertz CT molecular complexity index is 784. The van der Waals surface area contributed by atoms with E-state index < -0.39 is 4.92 Å². The number of carbonyl (C=O) groups is 2. The molecule has 9 nitrogen and oxygen atoms in total. The van der Waals surface area contributed by atoms with Crippen molar-refractivity contribution in [1.82, 2.24) is 9.80 Å². The average molecular weight is 416 g/mol. The Kier molecular flexibility index (Phi) is 7.89. The van der Waals surface area contributed by atoms with Gasteiger partial charge in [-0.3, -0.25) is 24.6 Å². The molecular weight excluding hydrogens is 388 g/mol. The molecule has 3 rings (SSSR count). The first-order valence-corrected chi connectivity index (χ1v) is 10.5. The van der Waals surface area contributed by atoms with Crippen LogP contribution < -0.4 is 0 Å². The molecule has 1 aromatic rings. The Labute approximate surface area is 175 Å². The number of oxime groups is 1. The van der Waals surface area contributed by atoms with Gasteiger partial charge in [-0.2, -0.15) is 0 Å².